The van der Waals surface area contributed by atoms with Crippen molar-refractivity contribution in [2.75, 3.05) is 19.7 Å². The summed E-state index contributed by atoms with van der Waals surface area (Å²) in [7, 11) is 0. The quantitative estimate of drug-likeness (QED) is 0.739. The molecule has 108 valence electrons. The van der Waals surface area contributed by atoms with E-state index in [9.17, 15) is 0 Å². The summed E-state index contributed by atoms with van der Waals surface area (Å²) in [6, 6.07) is 12.7. The molecule has 0 bridgehead atoms. The van der Waals surface area contributed by atoms with Crippen LogP contribution in [0.3, 0.4) is 0 Å². The first-order chi connectivity index (χ1) is 9.75. The van der Waals surface area contributed by atoms with Crippen LogP contribution in [0, 0.1) is 0 Å². The lowest BCUT2D eigenvalue weighted by Crippen LogP contribution is -2.23. The van der Waals surface area contributed by atoms with E-state index >= 15 is 0 Å². The van der Waals surface area contributed by atoms with Crippen molar-refractivity contribution in [3.63, 3.8) is 0 Å². The minimum Gasteiger partial charge on any atom is -0.492 e. The molecule has 0 aliphatic carbocycles. The predicted molar refractivity (Wildman–Crippen MR) is 86.9 cm³/mol. The van der Waals surface area contributed by atoms with E-state index in [2.05, 4.69) is 54.9 Å². The first-order valence-electron chi connectivity index (χ1n) is 7.21. The Kier molecular flexibility index (Phi) is 6.09. The maximum atomic E-state index is 5.77. The number of rotatable bonds is 8. The van der Waals surface area contributed by atoms with Gasteiger partial charge in [0.2, 0.25) is 0 Å². The van der Waals surface area contributed by atoms with Crippen molar-refractivity contribution in [3.8, 4) is 5.75 Å². The Balaban J connectivity index is 1.62. The fourth-order valence-corrected chi connectivity index (χ4v) is 2.70. The summed E-state index contributed by atoms with van der Waals surface area (Å²) >= 11 is 1.82. The van der Waals surface area contributed by atoms with Gasteiger partial charge in [-0.25, -0.2) is 0 Å². The topological polar surface area (TPSA) is 21.3 Å². The van der Waals surface area contributed by atoms with Crippen molar-refractivity contribution < 1.29 is 4.74 Å². The number of thiophene rings is 1. The van der Waals surface area contributed by atoms with Gasteiger partial charge in [-0.3, -0.25) is 0 Å². The maximum absolute atomic E-state index is 5.77. The van der Waals surface area contributed by atoms with Gasteiger partial charge in [0, 0.05) is 18.0 Å². The number of hydrogen-bond acceptors (Lipinski definition) is 3. The van der Waals surface area contributed by atoms with E-state index < -0.39 is 0 Å². The van der Waals surface area contributed by atoms with Crippen LogP contribution in [0.5, 0.6) is 5.75 Å². The molecule has 2 rings (SSSR count). The van der Waals surface area contributed by atoms with Crippen LogP contribution >= 0.6 is 11.3 Å². The summed E-state index contributed by atoms with van der Waals surface area (Å²) in [6.45, 7) is 7.01. The van der Waals surface area contributed by atoms with Crippen molar-refractivity contribution in [1.82, 2.24) is 5.32 Å². The molecule has 0 amide bonds. The SMILES string of the molecule is CC(C)c1cccc(OCCNCCc2cccs2)c1. The molecule has 3 heteroatoms. The molecule has 0 fully saturated rings. The molecule has 1 aromatic carbocycles. The Labute approximate surface area is 125 Å². The maximum Gasteiger partial charge on any atom is 0.119 e. The summed E-state index contributed by atoms with van der Waals surface area (Å²) in [6.07, 6.45) is 1.10. The lowest BCUT2D eigenvalue weighted by Gasteiger charge is -2.10. The Hall–Kier alpha value is -1.32. The number of benzene rings is 1. The van der Waals surface area contributed by atoms with Crippen molar-refractivity contribution in [3.05, 3.63) is 52.2 Å². The lowest BCUT2D eigenvalue weighted by molar-refractivity contribution is 0.314. The van der Waals surface area contributed by atoms with Gasteiger partial charge in [-0.05, 0) is 41.5 Å². The molecule has 2 nitrogen and oxygen atoms in total. The average molecular weight is 289 g/mol. The van der Waals surface area contributed by atoms with Crippen LogP contribution in [0.15, 0.2) is 41.8 Å². The molecular formula is C17H23NOS. The third-order valence-electron chi connectivity index (χ3n) is 3.20. The minimum atomic E-state index is 0.544. The predicted octanol–water partition coefficient (Wildman–Crippen LogP) is 4.08. The molecule has 0 atom stereocenters. The molecule has 0 unspecified atom stereocenters. The molecule has 1 N–H and O–H groups in total. The van der Waals surface area contributed by atoms with Crippen LogP contribution in [-0.4, -0.2) is 19.7 Å². The van der Waals surface area contributed by atoms with E-state index in [0.29, 0.717) is 12.5 Å². The van der Waals surface area contributed by atoms with Gasteiger partial charge in [0.05, 0.1) is 0 Å². The zero-order valence-corrected chi connectivity index (χ0v) is 13.1. The van der Waals surface area contributed by atoms with Crippen LogP contribution in [0.4, 0.5) is 0 Å². The van der Waals surface area contributed by atoms with E-state index in [1.165, 1.54) is 10.4 Å². The monoisotopic (exact) mass is 289 g/mol. The molecule has 2 aromatic rings. The van der Waals surface area contributed by atoms with E-state index in [1.807, 2.05) is 17.4 Å². The lowest BCUT2D eigenvalue weighted by atomic mass is 10.0. The molecule has 0 aliphatic rings. The van der Waals surface area contributed by atoms with Crippen LogP contribution < -0.4 is 10.1 Å². The first kappa shape index (κ1) is 15.1. The molecule has 0 spiro atoms. The van der Waals surface area contributed by atoms with Gasteiger partial charge in [0.1, 0.15) is 12.4 Å². The Morgan fingerprint density at radius 3 is 2.80 bits per heavy atom. The summed E-state index contributed by atoms with van der Waals surface area (Å²) in [5, 5.41) is 5.54. The van der Waals surface area contributed by atoms with E-state index in [0.717, 1.165) is 25.3 Å². The Morgan fingerprint density at radius 2 is 2.05 bits per heavy atom. The third kappa shape index (κ3) is 4.99. The Morgan fingerprint density at radius 1 is 1.15 bits per heavy atom. The van der Waals surface area contributed by atoms with Gasteiger partial charge in [-0.1, -0.05) is 32.0 Å². The van der Waals surface area contributed by atoms with Gasteiger partial charge in [0.15, 0.2) is 0 Å². The number of hydrogen-bond donors (Lipinski definition) is 1. The summed E-state index contributed by atoms with van der Waals surface area (Å²) < 4.78 is 5.77. The first-order valence-corrected chi connectivity index (χ1v) is 8.09. The second kappa shape index (κ2) is 8.08. The highest BCUT2D eigenvalue weighted by atomic mass is 32.1. The molecule has 20 heavy (non-hydrogen) atoms. The Bertz CT molecular complexity index is 493. The number of nitrogens with one attached hydrogen (secondary N) is 1. The van der Waals surface area contributed by atoms with Gasteiger partial charge >= 0.3 is 0 Å². The molecular weight excluding hydrogens is 266 g/mol. The summed E-state index contributed by atoms with van der Waals surface area (Å²) in [4.78, 5) is 1.43. The van der Waals surface area contributed by atoms with Crippen LogP contribution in [0.2, 0.25) is 0 Å². The smallest absolute Gasteiger partial charge is 0.119 e. The van der Waals surface area contributed by atoms with Gasteiger partial charge in [0.25, 0.3) is 0 Å². The van der Waals surface area contributed by atoms with Crippen molar-refractivity contribution >= 4 is 11.3 Å². The molecule has 1 heterocycles. The minimum absolute atomic E-state index is 0.544. The average Bonchev–Trinajstić information content (AvgIpc) is 2.96. The van der Waals surface area contributed by atoms with Gasteiger partial charge in [-0.2, -0.15) is 0 Å². The normalized spacial score (nSPS) is 10.9. The van der Waals surface area contributed by atoms with E-state index in [1.54, 1.807) is 0 Å². The second-order valence-corrected chi connectivity index (χ2v) is 6.19. The van der Waals surface area contributed by atoms with E-state index in [-0.39, 0.29) is 0 Å². The zero-order chi connectivity index (χ0) is 14.2. The molecule has 0 radical (unpaired) electrons. The highest BCUT2D eigenvalue weighted by molar-refractivity contribution is 7.09. The second-order valence-electron chi connectivity index (χ2n) is 5.16. The van der Waals surface area contributed by atoms with Crippen molar-refractivity contribution in [1.29, 1.82) is 0 Å². The fraction of sp³-hybridized carbons (Fsp3) is 0.412. The van der Waals surface area contributed by atoms with Crippen LogP contribution in [-0.2, 0) is 6.42 Å². The summed E-state index contributed by atoms with van der Waals surface area (Å²) in [5.41, 5.74) is 1.33. The van der Waals surface area contributed by atoms with Gasteiger partial charge in [-0.15, -0.1) is 11.3 Å². The largest absolute Gasteiger partial charge is 0.492 e. The molecule has 0 aliphatic heterocycles. The fourth-order valence-electron chi connectivity index (χ4n) is 2.00. The van der Waals surface area contributed by atoms with Crippen LogP contribution in [0.1, 0.15) is 30.2 Å². The molecule has 1 aromatic heterocycles. The van der Waals surface area contributed by atoms with Crippen molar-refractivity contribution in [2.24, 2.45) is 0 Å². The highest BCUT2D eigenvalue weighted by Gasteiger charge is 2.00. The molecule has 0 saturated carbocycles. The summed E-state index contributed by atoms with van der Waals surface area (Å²) in [5.74, 6) is 1.51. The van der Waals surface area contributed by atoms with Gasteiger partial charge < -0.3 is 10.1 Å². The zero-order valence-electron chi connectivity index (χ0n) is 12.3. The molecule has 0 saturated heterocycles. The third-order valence-corrected chi connectivity index (χ3v) is 4.14. The van der Waals surface area contributed by atoms with Crippen LogP contribution in [0.25, 0.3) is 0 Å². The standard InChI is InChI=1S/C17H23NOS/c1-14(2)15-5-3-6-16(13-15)19-11-10-18-9-8-17-7-4-12-20-17/h3-7,12-14,18H,8-11H2,1-2H3. The van der Waals surface area contributed by atoms with Crippen molar-refractivity contribution in [2.45, 2.75) is 26.2 Å². The highest BCUT2D eigenvalue weighted by Crippen LogP contribution is 2.19. The van der Waals surface area contributed by atoms with E-state index in [4.69, 9.17) is 4.74 Å². The number of ether oxygens (including phenoxy) is 1.